The Kier molecular flexibility index (Phi) is 6.57. The second-order valence-electron chi connectivity index (χ2n) is 5.99. The van der Waals surface area contributed by atoms with Gasteiger partial charge in [-0.1, -0.05) is 18.2 Å². The van der Waals surface area contributed by atoms with E-state index in [-0.39, 0.29) is 35.1 Å². The Morgan fingerprint density at radius 1 is 1.15 bits per heavy atom. The number of ether oxygens (including phenoxy) is 1. The van der Waals surface area contributed by atoms with Crippen LogP contribution >= 0.6 is 0 Å². The SMILES string of the molecule is CCOC(=O)c1cc(NC(=O)CCc2ccccc2N)cc(S(C)(=O)=O)c1. The minimum atomic E-state index is -3.57. The maximum atomic E-state index is 12.2. The summed E-state index contributed by atoms with van der Waals surface area (Å²) < 4.78 is 28.7. The van der Waals surface area contributed by atoms with E-state index in [1.807, 2.05) is 18.2 Å². The van der Waals surface area contributed by atoms with Gasteiger partial charge < -0.3 is 15.8 Å². The molecular weight excluding hydrogens is 368 g/mol. The molecule has 0 radical (unpaired) electrons. The number of para-hydroxylation sites is 1. The Balaban J connectivity index is 2.18. The van der Waals surface area contributed by atoms with E-state index >= 15 is 0 Å². The second-order valence-corrected chi connectivity index (χ2v) is 8.00. The molecule has 2 rings (SSSR count). The van der Waals surface area contributed by atoms with Gasteiger partial charge in [0.15, 0.2) is 9.84 Å². The molecule has 8 heteroatoms. The van der Waals surface area contributed by atoms with Crippen LogP contribution in [0, 0.1) is 0 Å². The zero-order valence-corrected chi connectivity index (χ0v) is 16.0. The highest BCUT2D eigenvalue weighted by Crippen LogP contribution is 2.21. The largest absolute Gasteiger partial charge is 0.462 e. The van der Waals surface area contributed by atoms with Crippen LogP contribution in [0.25, 0.3) is 0 Å². The van der Waals surface area contributed by atoms with Gasteiger partial charge in [-0.25, -0.2) is 13.2 Å². The first-order valence-corrected chi connectivity index (χ1v) is 10.3. The molecule has 0 bridgehead atoms. The van der Waals surface area contributed by atoms with Gasteiger partial charge in [-0.2, -0.15) is 0 Å². The molecule has 0 fully saturated rings. The van der Waals surface area contributed by atoms with Crippen molar-refractivity contribution in [2.75, 3.05) is 23.9 Å². The molecule has 0 aromatic heterocycles. The highest BCUT2D eigenvalue weighted by atomic mass is 32.2. The highest BCUT2D eigenvalue weighted by molar-refractivity contribution is 7.90. The molecule has 27 heavy (non-hydrogen) atoms. The zero-order valence-electron chi connectivity index (χ0n) is 15.2. The molecule has 0 spiro atoms. The van der Waals surface area contributed by atoms with Crippen LogP contribution in [-0.2, 0) is 25.8 Å². The first kappa shape index (κ1) is 20.4. The fraction of sp³-hybridized carbons (Fsp3) is 0.263. The van der Waals surface area contributed by atoms with Crippen molar-refractivity contribution in [2.45, 2.75) is 24.7 Å². The Bertz CT molecular complexity index is 954. The molecule has 144 valence electrons. The third-order valence-corrected chi connectivity index (χ3v) is 4.90. The van der Waals surface area contributed by atoms with Gasteiger partial charge in [0, 0.05) is 24.1 Å². The van der Waals surface area contributed by atoms with E-state index in [0.717, 1.165) is 11.8 Å². The fourth-order valence-corrected chi connectivity index (χ4v) is 3.13. The molecule has 7 nitrogen and oxygen atoms in total. The van der Waals surface area contributed by atoms with Gasteiger partial charge in [0.05, 0.1) is 17.1 Å². The summed E-state index contributed by atoms with van der Waals surface area (Å²) in [4.78, 5) is 24.1. The lowest BCUT2D eigenvalue weighted by Gasteiger charge is -2.10. The third-order valence-electron chi connectivity index (χ3n) is 3.81. The normalized spacial score (nSPS) is 11.0. The van der Waals surface area contributed by atoms with Gasteiger partial charge in [-0.15, -0.1) is 0 Å². The van der Waals surface area contributed by atoms with Crippen LogP contribution in [0.15, 0.2) is 47.4 Å². The molecule has 2 aromatic carbocycles. The number of hydrogen-bond acceptors (Lipinski definition) is 6. The molecule has 3 N–H and O–H groups in total. The summed E-state index contributed by atoms with van der Waals surface area (Å²) in [6, 6.07) is 11.2. The van der Waals surface area contributed by atoms with Gasteiger partial charge in [-0.3, -0.25) is 4.79 Å². The summed E-state index contributed by atoms with van der Waals surface area (Å²) in [6.45, 7) is 1.80. The predicted octanol–water partition coefficient (Wildman–Crippen LogP) is 2.42. The summed E-state index contributed by atoms with van der Waals surface area (Å²) in [6.07, 6.45) is 1.63. The number of aryl methyl sites for hydroxylation is 1. The lowest BCUT2D eigenvalue weighted by molar-refractivity contribution is -0.116. The van der Waals surface area contributed by atoms with Crippen LogP contribution in [0.2, 0.25) is 0 Å². The molecule has 1 amide bonds. The Labute approximate surface area is 158 Å². The van der Waals surface area contributed by atoms with Crippen molar-refractivity contribution in [3.8, 4) is 0 Å². The Morgan fingerprint density at radius 3 is 2.48 bits per heavy atom. The summed E-state index contributed by atoms with van der Waals surface area (Å²) >= 11 is 0. The summed E-state index contributed by atoms with van der Waals surface area (Å²) in [5.74, 6) is -0.978. The average molecular weight is 390 g/mol. The van der Waals surface area contributed by atoms with E-state index in [1.165, 1.54) is 18.2 Å². The zero-order chi connectivity index (χ0) is 20.0. The maximum Gasteiger partial charge on any atom is 0.338 e. The summed E-state index contributed by atoms with van der Waals surface area (Å²) in [5, 5.41) is 2.63. The highest BCUT2D eigenvalue weighted by Gasteiger charge is 2.16. The van der Waals surface area contributed by atoms with Crippen LogP contribution in [-0.4, -0.2) is 33.2 Å². The van der Waals surface area contributed by atoms with Gasteiger partial charge in [0.2, 0.25) is 5.91 Å². The van der Waals surface area contributed by atoms with Crippen molar-refractivity contribution >= 4 is 33.1 Å². The minimum absolute atomic E-state index is 0.0578. The number of nitrogens with two attached hydrogens (primary N) is 1. The molecular formula is C19H22N2O5S. The maximum absolute atomic E-state index is 12.2. The van der Waals surface area contributed by atoms with Crippen LogP contribution in [0.1, 0.15) is 29.3 Å². The van der Waals surface area contributed by atoms with Gasteiger partial charge in [0.25, 0.3) is 0 Å². The topological polar surface area (TPSA) is 116 Å². The molecule has 0 saturated carbocycles. The third kappa shape index (κ3) is 5.82. The van der Waals surface area contributed by atoms with Gasteiger partial charge in [0.1, 0.15) is 0 Å². The van der Waals surface area contributed by atoms with Gasteiger partial charge in [-0.05, 0) is 43.2 Å². The number of hydrogen-bond donors (Lipinski definition) is 2. The van der Waals surface area contributed by atoms with Crippen molar-refractivity contribution in [1.29, 1.82) is 0 Å². The molecule has 0 atom stereocenters. The number of nitrogens with one attached hydrogen (secondary N) is 1. The molecule has 0 aliphatic carbocycles. The van der Waals surface area contributed by atoms with Crippen LogP contribution in [0.4, 0.5) is 11.4 Å². The standard InChI is InChI=1S/C19H22N2O5S/c1-3-26-19(23)14-10-15(12-16(11-14)27(2,24)25)21-18(22)9-8-13-6-4-5-7-17(13)20/h4-7,10-12H,3,8-9,20H2,1-2H3,(H,21,22). The average Bonchev–Trinajstić information content (AvgIpc) is 2.60. The van der Waals surface area contributed by atoms with Gasteiger partial charge >= 0.3 is 5.97 Å². The molecule has 0 saturated heterocycles. The first-order valence-electron chi connectivity index (χ1n) is 8.36. The van der Waals surface area contributed by atoms with E-state index in [9.17, 15) is 18.0 Å². The van der Waals surface area contributed by atoms with E-state index in [4.69, 9.17) is 10.5 Å². The van der Waals surface area contributed by atoms with Crippen molar-refractivity contribution in [2.24, 2.45) is 0 Å². The molecule has 0 aliphatic heterocycles. The summed E-state index contributed by atoms with van der Waals surface area (Å²) in [5.41, 5.74) is 7.59. The van der Waals surface area contributed by atoms with Crippen molar-refractivity contribution in [3.05, 3.63) is 53.6 Å². The van der Waals surface area contributed by atoms with E-state index < -0.39 is 15.8 Å². The second kappa shape index (κ2) is 8.68. The number of esters is 1. The molecule has 0 aliphatic rings. The van der Waals surface area contributed by atoms with E-state index in [1.54, 1.807) is 13.0 Å². The Morgan fingerprint density at radius 2 is 1.85 bits per heavy atom. The van der Waals surface area contributed by atoms with Crippen molar-refractivity contribution in [3.63, 3.8) is 0 Å². The lowest BCUT2D eigenvalue weighted by Crippen LogP contribution is -2.14. The van der Waals surface area contributed by atoms with E-state index in [0.29, 0.717) is 12.1 Å². The molecule has 2 aromatic rings. The van der Waals surface area contributed by atoms with Crippen LogP contribution < -0.4 is 11.1 Å². The number of nitrogen functional groups attached to an aromatic ring is 1. The number of rotatable bonds is 7. The Hall–Kier alpha value is -2.87. The quantitative estimate of drug-likeness (QED) is 0.554. The predicted molar refractivity (Wildman–Crippen MR) is 103 cm³/mol. The number of carbonyl (C=O) groups excluding carboxylic acids is 2. The number of anilines is 2. The minimum Gasteiger partial charge on any atom is -0.462 e. The number of benzene rings is 2. The molecule has 0 unspecified atom stereocenters. The van der Waals surface area contributed by atoms with E-state index in [2.05, 4.69) is 5.32 Å². The summed E-state index contributed by atoms with van der Waals surface area (Å²) in [7, 11) is -3.57. The smallest absolute Gasteiger partial charge is 0.338 e. The van der Waals surface area contributed by atoms with Crippen LogP contribution in [0.5, 0.6) is 0 Å². The van der Waals surface area contributed by atoms with Crippen molar-refractivity contribution < 1.29 is 22.7 Å². The number of sulfone groups is 1. The number of amides is 1. The van der Waals surface area contributed by atoms with Crippen molar-refractivity contribution in [1.82, 2.24) is 0 Å². The van der Waals surface area contributed by atoms with Crippen LogP contribution in [0.3, 0.4) is 0 Å². The lowest BCUT2D eigenvalue weighted by atomic mass is 10.1. The molecule has 0 heterocycles. The monoisotopic (exact) mass is 390 g/mol. The fourth-order valence-electron chi connectivity index (χ4n) is 2.45. The number of carbonyl (C=O) groups is 2. The first-order chi connectivity index (χ1) is 12.7.